The van der Waals surface area contributed by atoms with Gasteiger partial charge in [-0.3, -0.25) is 28.5 Å². The first-order chi connectivity index (χ1) is 19.8. The van der Waals surface area contributed by atoms with E-state index in [1.807, 2.05) is 18.2 Å². The van der Waals surface area contributed by atoms with Gasteiger partial charge in [-0.1, -0.05) is 48.5 Å². The van der Waals surface area contributed by atoms with Gasteiger partial charge in [-0.05, 0) is 18.4 Å². The number of hydrogen-bond acceptors (Lipinski definition) is 8. The fraction of sp³-hybridized carbons (Fsp3) is 0.300. The quantitative estimate of drug-likeness (QED) is 0.240. The lowest BCUT2D eigenvalue weighted by Crippen LogP contribution is -2.35. The molecule has 1 aliphatic heterocycles. The number of carbonyl (C=O) groups is 4. The summed E-state index contributed by atoms with van der Waals surface area (Å²) in [4.78, 5) is 65.4. The van der Waals surface area contributed by atoms with Crippen LogP contribution in [0, 0.1) is 5.92 Å². The van der Waals surface area contributed by atoms with Gasteiger partial charge in [0.25, 0.3) is 17.4 Å². The average Bonchev–Trinajstić information content (AvgIpc) is 3.62. The van der Waals surface area contributed by atoms with Gasteiger partial charge in [-0.25, -0.2) is 0 Å². The van der Waals surface area contributed by atoms with Gasteiger partial charge < -0.3 is 19.7 Å². The van der Waals surface area contributed by atoms with Crippen molar-refractivity contribution in [3.8, 4) is 5.75 Å². The fourth-order valence-corrected chi connectivity index (χ4v) is 6.31. The lowest BCUT2D eigenvalue weighted by atomic mass is 10.1. The SMILES string of the molecule is COc1c(C(=O)NCC2CCN(C(=O)COC(C)=O)C2)sc2c1c(=O)n(CC(=O)c1ccccc1)c1ccccc21. The van der Waals surface area contributed by atoms with Crippen LogP contribution in [0.15, 0.2) is 59.4 Å². The van der Waals surface area contributed by atoms with Crippen molar-refractivity contribution in [3.63, 3.8) is 0 Å². The van der Waals surface area contributed by atoms with E-state index in [-0.39, 0.29) is 52.7 Å². The molecule has 11 heteroatoms. The molecular formula is C30H29N3O7S. The van der Waals surface area contributed by atoms with Crippen LogP contribution in [0.25, 0.3) is 21.0 Å². The Hall–Kier alpha value is -4.51. The maximum absolute atomic E-state index is 13.8. The van der Waals surface area contributed by atoms with Crippen LogP contribution in [0.4, 0.5) is 0 Å². The summed E-state index contributed by atoms with van der Waals surface area (Å²) >= 11 is 1.17. The van der Waals surface area contributed by atoms with Gasteiger partial charge in [0.1, 0.15) is 10.3 Å². The number of ketones is 1. The van der Waals surface area contributed by atoms with E-state index < -0.39 is 11.5 Å². The zero-order valence-electron chi connectivity index (χ0n) is 22.7. The third kappa shape index (κ3) is 5.71. The van der Waals surface area contributed by atoms with Crippen molar-refractivity contribution in [2.75, 3.05) is 33.4 Å². The van der Waals surface area contributed by atoms with E-state index in [1.54, 1.807) is 41.3 Å². The van der Waals surface area contributed by atoms with Gasteiger partial charge in [0.2, 0.25) is 0 Å². The number of likely N-dealkylation sites (tertiary alicyclic amines) is 1. The fourth-order valence-electron chi connectivity index (χ4n) is 5.10. The van der Waals surface area contributed by atoms with Crippen LogP contribution in [0.5, 0.6) is 5.75 Å². The highest BCUT2D eigenvalue weighted by atomic mass is 32.1. The molecule has 1 unspecified atom stereocenters. The molecule has 1 fully saturated rings. The van der Waals surface area contributed by atoms with E-state index in [0.29, 0.717) is 41.8 Å². The number of rotatable bonds is 9. The molecule has 3 heterocycles. The number of aromatic nitrogens is 1. The molecule has 4 aromatic rings. The minimum absolute atomic E-state index is 0.0302. The van der Waals surface area contributed by atoms with Crippen LogP contribution in [-0.2, 0) is 20.9 Å². The lowest BCUT2D eigenvalue weighted by molar-refractivity contribution is -0.149. The predicted molar refractivity (Wildman–Crippen MR) is 155 cm³/mol. The molecule has 2 aromatic carbocycles. The predicted octanol–water partition coefficient (Wildman–Crippen LogP) is 3.25. The smallest absolute Gasteiger partial charge is 0.303 e. The van der Waals surface area contributed by atoms with Crippen molar-refractivity contribution in [2.24, 2.45) is 5.92 Å². The summed E-state index contributed by atoms with van der Waals surface area (Å²) in [5.41, 5.74) is 0.682. The van der Waals surface area contributed by atoms with Crippen molar-refractivity contribution >= 4 is 55.9 Å². The number of hydrogen-bond donors (Lipinski definition) is 1. The molecule has 212 valence electrons. The number of methoxy groups -OCH3 is 1. The van der Waals surface area contributed by atoms with Crippen LogP contribution < -0.4 is 15.6 Å². The number of Topliss-reactive ketones (excluding diaryl/α,β-unsaturated/α-hetero) is 1. The van der Waals surface area contributed by atoms with E-state index in [1.165, 1.54) is 29.9 Å². The summed E-state index contributed by atoms with van der Waals surface area (Å²) in [5, 5.41) is 3.92. The average molecular weight is 576 g/mol. The summed E-state index contributed by atoms with van der Waals surface area (Å²) < 4.78 is 12.5. The molecule has 1 atom stereocenters. The molecule has 2 amide bonds. The molecule has 2 aromatic heterocycles. The molecule has 0 aliphatic carbocycles. The topological polar surface area (TPSA) is 124 Å². The van der Waals surface area contributed by atoms with Gasteiger partial charge in [-0.2, -0.15) is 0 Å². The molecule has 0 saturated carbocycles. The number of nitrogens with zero attached hydrogens (tertiary/aromatic N) is 2. The molecule has 41 heavy (non-hydrogen) atoms. The molecule has 0 radical (unpaired) electrons. The Kier molecular flexibility index (Phi) is 8.16. The lowest BCUT2D eigenvalue weighted by Gasteiger charge is -2.16. The van der Waals surface area contributed by atoms with Crippen molar-refractivity contribution in [2.45, 2.75) is 19.9 Å². The number of amides is 2. The Morgan fingerprint density at radius 3 is 2.51 bits per heavy atom. The van der Waals surface area contributed by atoms with Crippen molar-refractivity contribution in [3.05, 3.63) is 75.4 Å². The number of ether oxygens (including phenoxy) is 2. The first kappa shape index (κ1) is 28.0. The highest BCUT2D eigenvalue weighted by Gasteiger charge is 2.29. The van der Waals surface area contributed by atoms with Gasteiger partial charge >= 0.3 is 5.97 Å². The Balaban J connectivity index is 1.41. The van der Waals surface area contributed by atoms with Crippen molar-refractivity contribution in [1.82, 2.24) is 14.8 Å². The minimum atomic E-state index is -0.513. The number of carbonyl (C=O) groups excluding carboxylic acids is 4. The second-order valence-electron chi connectivity index (χ2n) is 9.85. The highest BCUT2D eigenvalue weighted by Crippen LogP contribution is 2.39. The number of pyridine rings is 1. The molecule has 1 N–H and O–H groups in total. The number of para-hydroxylation sites is 1. The Bertz CT molecular complexity index is 1710. The van der Waals surface area contributed by atoms with Crippen LogP contribution in [0.3, 0.4) is 0 Å². The molecule has 1 saturated heterocycles. The Morgan fingerprint density at radius 1 is 1.05 bits per heavy atom. The largest absolute Gasteiger partial charge is 0.494 e. The molecule has 1 aliphatic rings. The number of nitrogens with one attached hydrogen (secondary N) is 1. The van der Waals surface area contributed by atoms with Crippen LogP contribution in [-0.4, -0.2) is 66.4 Å². The van der Waals surface area contributed by atoms with Crippen molar-refractivity contribution in [1.29, 1.82) is 0 Å². The van der Waals surface area contributed by atoms with E-state index in [0.717, 1.165) is 5.39 Å². The number of thiophene rings is 1. The monoisotopic (exact) mass is 575 g/mol. The molecule has 10 nitrogen and oxygen atoms in total. The normalized spacial score (nSPS) is 14.8. The first-order valence-electron chi connectivity index (χ1n) is 13.2. The second kappa shape index (κ2) is 11.9. The number of esters is 1. The molecule has 0 bridgehead atoms. The Labute approximate surface area is 239 Å². The third-order valence-electron chi connectivity index (χ3n) is 7.16. The second-order valence-corrected chi connectivity index (χ2v) is 10.9. The maximum atomic E-state index is 13.8. The first-order valence-corrected chi connectivity index (χ1v) is 14.0. The minimum Gasteiger partial charge on any atom is -0.494 e. The van der Waals surface area contributed by atoms with E-state index >= 15 is 0 Å². The van der Waals surface area contributed by atoms with E-state index in [9.17, 15) is 24.0 Å². The van der Waals surface area contributed by atoms with Gasteiger partial charge in [0.05, 0.1) is 23.9 Å². The van der Waals surface area contributed by atoms with E-state index in [4.69, 9.17) is 9.47 Å². The van der Waals surface area contributed by atoms with Gasteiger partial charge in [0.15, 0.2) is 18.1 Å². The summed E-state index contributed by atoms with van der Waals surface area (Å²) in [5.74, 6) is -1.18. The van der Waals surface area contributed by atoms with E-state index in [2.05, 4.69) is 5.32 Å². The van der Waals surface area contributed by atoms with Crippen LogP contribution >= 0.6 is 11.3 Å². The standard InChI is InChI=1S/C30H29N3O7S/c1-18(34)40-17-24(36)32-13-12-19(15-32)14-31-29(37)28-26(39-2)25-27(41-28)21-10-6-7-11-22(21)33(30(25)38)16-23(35)20-8-4-3-5-9-20/h3-11,19H,12-17H2,1-2H3,(H,31,37). The maximum Gasteiger partial charge on any atom is 0.303 e. The highest BCUT2D eigenvalue weighted by molar-refractivity contribution is 7.22. The number of fused-ring (bicyclic) bond motifs is 3. The summed E-state index contributed by atoms with van der Waals surface area (Å²) in [6.45, 7) is 2.07. The molecule has 5 rings (SSSR count). The number of benzene rings is 2. The Morgan fingerprint density at radius 2 is 1.78 bits per heavy atom. The molecule has 0 spiro atoms. The zero-order chi connectivity index (χ0) is 29.1. The van der Waals surface area contributed by atoms with Gasteiger partial charge in [0, 0.05) is 37.5 Å². The third-order valence-corrected chi connectivity index (χ3v) is 8.36. The van der Waals surface area contributed by atoms with Crippen LogP contribution in [0.2, 0.25) is 0 Å². The molecular weight excluding hydrogens is 546 g/mol. The van der Waals surface area contributed by atoms with Gasteiger partial charge in [-0.15, -0.1) is 11.3 Å². The summed E-state index contributed by atoms with van der Waals surface area (Å²) in [7, 11) is 1.41. The van der Waals surface area contributed by atoms with Crippen LogP contribution in [0.1, 0.15) is 33.4 Å². The van der Waals surface area contributed by atoms with Crippen molar-refractivity contribution < 1.29 is 28.7 Å². The summed E-state index contributed by atoms with van der Waals surface area (Å²) in [6, 6.07) is 16.1. The zero-order valence-corrected chi connectivity index (χ0v) is 23.5. The summed E-state index contributed by atoms with van der Waals surface area (Å²) in [6.07, 6.45) is 0.695.